The van der Waals surface area contributed by atoms with E-state index >= 15 is 0 Å². The van der Waals surface area contributed by atoms with Gasteiger partial charge in [0.05, 0.1) is 28.3 Å². The molecule has 0 atom stereocenters. The number of hydrogen-bond acceptors (Lipinski definition) is 6. The minimum atomic E-state index is -0.138. The Balaban J connectivity index is 1.34. The average Bonchev–Trinajstić information content (AvgIpc) is 3.65. The maximum atomic E-state index is 12.8. The summed E-state index contributed by atoms with van der Waals surface area (Å²) in [4.78, 5) is 44.1. The summed E-state index contributed by atoms with van der Waals surface area (Å²) in [7, 11) is 0. The van der Waals surface area contributed by atoms with Crippen molar-refractivity contribution in [2.75, 3.05) is 18.4 Å². The molecule has 0 saturated heterocycles. The number of carbonyl (C=O) groups is 2. The third kappa shape index (κ3) is 5.34. The lowest BCUT2D eigenvalue weighted by Gasteiger charge is -2.18. The second-order valence-corrected chi connectivity index (χ2v) is 10.6. The summed E-state index contributed by atoms with van der Waals surface area (Å²) in [5.41, 5.74) is 7.82. The lowest BCUT2D eigenvalue weighted by atomic mass is 10.0. The molecule has 43 heavy (non-hydrogen) atoms. The highest BCUT2D eigenvalue weighted by atomic mass is 16.2. The molecule has 4 heterocycles. The Morgan fingerprint density at radius 2 is 1.70 bits per heavy atom. The van der Waals surface area contributed by atoms with Gasteiger partial charge in [-0.3, -0.25) is 19.7 Å². The van der Waals surface area contributed by atoms with Gasteiger partial charge in [-0.25, -0.2) is 9.97 Å². The van der Waals surface area contributed by atoms with Crippen molar-refractivity contribution in [3.63, 3.8) is 0 Å². The molecule has 2 aromatic carbocycles. The number of aromatic nitrogens is 6. The largest absolute Gasteiger partial charge is 0.339 e. The summed E-state index contributed by atoms with van der Waals surface area (Å²) >= 11 is 0. The van der Waals surface area contributed by atoms with Crippen molar-refractivity contribution in [1.29, 1.82) is 0 Å². The predicted octanol–water partition coefficient (Wildman–Crippen LogP) is 6.31. The monoisotopic (exact) mass is 572 g/mol. The molecule has 2 amide bonds. The molecule has 0 fully saturated rings. The number of rotatable bonds is 8. The van der Waals surface area contributed by atoms with Gasteiger partial charge < -0.3 is 15.2 Å². The van der Waals surface area contributed by atoms with Crippen LogP contribution in [0.4, 0.5) is 5.69 Å². The molecule has 0 bridgehead atoms. The van der Waals surface area contributed by atoms with Crippen LogP contribution in [0.2, 0.25) is 0 Å². The summed E-state index contributed by atoms with van der Waals surface area (Å²) in [6.45, 7) is 9.00. The van der Waals surface area contributed by atoms with Crippen molar-refractivity contribution >= 4 is 39.6 Å². The molecule has 3 N–H and O–H groups in total. The third-order valence-electron chi connectivity index (χ3n) is 7.52. The number of nitrogens with one attached hydrogen (secondary N) is 3. The Kier molecular flexibility index (Phi) is 7.41. The van der Waals surface area contributed by atoms with Crippen LogP contribution in [0.3, 0.4) is 0 Å². The van der Waals surface area contributed by atoms with E-state index in [-0.39, 0.29) is 17.7 Å². The first kappa shape index (κ1) is 27.8. The summed E-state index contributed by atoms with van der Waals surface area (Å²) in [6.07, 6.45) is 5.10. The van der Waals surface area contributed by atoms with Crippen LogP contribution >= 0.6 is 0 Å². The number of imidazole rings is 1. The lowest BCUT2D eigenvalue weighted by Crippen LogP contribution is -2.30. The molecule has 0 aliphatic carbocycles. The topological polar surface area (TPSA) is 133 Å². The third-order valence-corrected chi connectivity index (χ3v) is 7.52. The summed E-state index contributed by atoms with van der Waals surface area (Å²) < 4.78 is 0. The van der Waals surface area contributed by atoms with Crippen molar-refractivity contribution in [2.24, 2.45) is 5.92 Å². The predicted molar refractivity (Wildman–Crippen MR) is 168 cm³/mol. The average molecular weight is 573 g/mol. The fourth-order valence-corrected chi connectivity index (χ4v) is 5.06. The maximum Gasteiger partial charge on any atom is 0.253 e. The van der Waals surface area contributed by atoms with Crippen LogP contribution in [0.5, 0.6) is 0 Å². The number of benzene rings is 2. The molecule has 10 nitrogen and oxygen atoms in total. The molecule has 0 saturated carbocycles. The molecule has 0 aliphatic heterocycles. The number of anilines is 1. The fraction of sp³-hybridized carbons (Fsp3) is 0.212. The summed E-state index contributed by atoms with van der Waals surface area (Å²) in [5, 5.41) is 11.2. The SMILES string of the molecule is CCN(CC)C(=O)c1ccc(-c2cccc3[nH]c(-c4[nH]nc5ncc(-c6cncc(NC(=O)C(C)C)c6)cc45)nc23)cc1. The van der Waals surface area contributed by atoms with Gasteiger partial charge in [-0.15, -0.1) is 0 Å². The normalized spacial score (nSPS) is 11.4. The van der Waals surface area contributed by atoms with Gasteiger partial charge in [-0.1, -0.05) is 38.1 Å². The van der Waals surface area contributed by atoms with Gasteiger partial charge in [-0.2, -0.15) is 5.10 Å². The van der Waals surface area contributed by atoms with E-state index in [1.54, 1.807) is 18.6 Å². The number of H-pyrrole nitrogens is 2. The number of pyridine rings is 2. The van der Waals surface area contributed by atoms with E-state index in [1.165, 1.54) is 0 Å². The quantitative estimate of drug-likeness (QED) is 0.196. The van der Waals surface area contributed by atoms with E-state index in [0.29, 0.717) is 41.5 Å². The molecule has 4 aromatic heterocycles. The van der Waals surface area contributed by atoms with Crippen molar-refractivity contribution < 1.29 is 9.59 Å². The zero-order valence-electron chi connectivity index (χ0n) is 24.5. The fourth-order valence-electron chi connectivity index (χ4n) is 5.06. The number of fused-ring (bicyclic) bond motifs is 2. The van der Waals surface area contributed by atoms with Crippen LogP contribution in [0, 0.1) is 5.92 Å². The molecule has 0 radical (unpaired) electrons. The minimum absolute atomic E-state index is 0.0266. The molecule has 216 valence electrons. The van der Waals surface area contributed by atoms with Gasteiger partial charge in [0.2, 0.25) is 5.91 Å². The minimum Gasteiger partial charge on any atom is -0.339 e. The zero-order valence-corrected chi connectivity index (χ0v) is 24.5. The molecule has 0 aliphatic rings. The Hall–Kier alpha value is -5.38. The van der Waals surface area contributed by atoms with Crippen molar-refractivity contribution in [3.05, 3.63) is 78.8 Å². The number of hydrogen-bond donors (Lipinski definition) is 3. The molecular formula is C33H32N8O2. The van der Waals surface area contributed by atoms with E-state index in [9.17, 15) is 9.59 Å². The van der Waals surface area contributed by atoms with Crippen LogP contribution in [0.1, 0.15) is 38.1 Å². The molecular weight excluding hydrogens is 540 g/mol. The molecule has 0 spiro atoms. The van der Waals surface area contributed by atoms with Crippen molar-refractivity contribution in [2.45, 2.75) is 27.7 Å². The number of aromatic amines is 2. The zero-order chi connectivity index (χ0) is 30.1. The Morgan fingerprint density at radius 3 is 2.44 bits per heavy atom. The number of para-hydroxylation sites is 1. The highest BCUT2D eigenvalue weighted by Gasteiger charge is 2.17. The first-order valence-corrected chi connectivity index (χ1v) is 14.4. The molecule has 6 rings (SSSR count). The molecule has 0 unspecified atom stereocenters. The van der Waals surface area contributed by atoms with Crippen LogP contribution in [0.25, 0.3) is 55.8 Å². The summed E-state index contributed by atoms with van der Waals surface area (Å²) in [6, 6.07) is 17.5. The van der Waals surface area contributed by atoms with Gasteiger partial charge in [0.15, 0.2) is 11.5 Å². The van der Waals surface area contributed by atoms with Crippen molar-refractivity contribution in [1.82, 2.24) is 35.0 Å². The second kappa shape index (κ2) is 11.5. The van der Waals surface area contributed by atoms with Gasteiger partial charge >= 0.3 is 0 Å². The van der Waals surface area contributed by atoms with E-state index < -0.39 is 0 Å². The van der Waals surface area contributed by atoms with Crippen LogP contribution in [0.15, 0.2) is 73.2 Å². The summed E-state index contributed by atoms with van der Waals surface area (Å²) in [5.74, 6) is 0.450. The Labute approximate surface area is 248 Å². The van der Waals surface area contributed by atoms with Crippen LogP contribution in [-0.4, -0.2) is 59.9 Å². The van der Waals surface area contributed by atoms with Gasteiger partial charge in [0, 0.05) is 53.7 Å². The Morgan fingerprint density at radius 1 is 0.930 bits per heavy atom. The maximum absolute atomic E-state index is 12.8. The van der Waals surface area contributed by atoms with Gasteiger partial charge in [-0.05, 0) is 49.7 Å². The number of nitrogens with zero attached hydrogens (tertiary/aromatic N) is 5. The second-order valence-electron chi connectivity index (χ2n) is 10.6. The first-order chi connectivity index (χ1) is 20.9. The van der Waals surface area contributed by atoms with E-state index in [0.717, 1.165) is 38.7 Å². The van der Waals surface area contributed by atoms with E-state index in [2.05, 4.69) is 30.5 Å². The number of carbonyl (C=O) groups excluding carboxylic acids is 2. The highest BCUT2D eigenvalue weighted by Crippen LogP contribution is 2.33. The smallest absolute Gasteiger partial charge is 0.253 e. The molecule has 6 aromatic rings. The van der Waals surface area contributed by atoms with Crippen LogP contribution < -0.4 is 5.32 Å². The Bertz CT molecular complexity index is 1950. The van der Waals surface area contributed by atoms with Gasteiger partial charge in [0.1, 0.15) is 5.69 Å². The van der Waals surface area contributed by atoms with Gasteiger partial charge in [0.25, 0.3) is 5.91 Å². The van der Waals surface area contributed by atoms with E-state index in [4.69, 9.17) is 4.98 Å². The molecule has 10 heteroatoms. The highest BCUT2D eigenvalue weighted by molar-refractivity contribution is 5.99. The standard InChI is InChI=1S/C33H32N8O2/c1-5-41(6-2)33(43)21-12-10-20(11-13-21)25-8-7-9-27-28(25)38-31(37-27)29-26-15-23(17-35-30(26)40-39-29)22-14-24(18-34-16-22)36-32(42)19(3)4/h7-19H,5-6H2,1-4H3,(H,36,42)(H,37,38)(H,35,39,40). The van der Waals surface area contributed by atoms with E-state index in [1.807, 2.05) is 87.2 Å². The first-order valence-electron chi connectivity index (χ1n) is 14.4. The van der Waals surface area contributed by atoms with Crippen LogP contribution in [-0.2, 0) is 4.79 Å². The lowest BCUT2D eigenvalue weighted by molar-refractivity contribution is -0.118. The number of amides is 2. The van der Waals surface area contributed by atoms with Crippen molar-refractivity contribution in [3.8, 4) is 33.8 Å².